The number of hydrogen-bond acceptors (Lipinski definition) is 4. The van der Waals surface area contributed by atoms with Crippen molar-refractivity contribution in [2.75, 3.05) is 46.4 Å². The van der Waals surface area contributed by atoms with Gasteiger partial charge in [0, 0.05) is 58.4 Å². The van der Waals surface area contributed by atoms with Gasteiger partial charge in [0.1, 0.15) is 0 Å². The van der Waals surface area contributed by atoms with Crippen LogP contribution in [0.2, 0.25) is 0 Å². The first-order valence-electron chi connectivity index (χ1n) is 10.6. The quantitative estimate of drug-likeness (QED) is 0.501. The number of nitrogens with one attached hydrogen (secondary N) is 2. The van der Waals surface area contributed by atoms with Crippen molar-refractivity contribution in [1.82, 2.24) is 20.4 Å². The summed E-state index contributed by atoms with van der Waals surface area (Å²) >= 11 is 0. The van der Waals surface area contributed by atoms with Gasteiger partial charge in [-0.15, -0.1) is 0 Å². The fourth-order valence-electron chi connectivity index (χ4n) is 3.60. The Morgan fingerprint density at radius 2 is 1.64 bits per heavy atom. The van der Waals surface area contributed by atoms with E-state index in [-0.39, 0.29) is 0 Å². The normalized spacial score (nSPS) is 16.2. The molecule has 0 bridgehead atoms. The van der Waals surface area contributed by atoms with Gasteiger partial charge in [-0.25, -0.2) is 0 Å². The molecule has 6 nitrogen and oxygen atoms in total. The van der Waals surface area contributed by atoms with Gasteiger partial charge in [-0.05, 0) is 38.8 Å². The summed E-state index contributed by atoms with van der Waals surface area (Å²) in [6, 6.07) is 9.96. The Labute approximate surface area is 171 Å². The molecular weight excluding hydrogens is 350 g/mol. The minimum atomic E-state index is 0.549. The third-order valence-corrected chi connectivity index (χ3v) is 5.21. The van der Waals surface area contributed by atoms with Gasteiger partial charge in [0.2, 0.25) is 0 Å². The second-order valence-corrected chi connectivity index (χ2v) is 7.98. The van der Waals surface area contributed by atoms with Crippen molar-refractivity contribution in [2.45, 2.75) is 52.9 Å². The average molecular weight is 390 g/mol. The Balaban J connectivity index is 1.73. The molecule has 1 aliphatic rings. The molecule has 0 saturated carbocycles. The monoisotopic (exact) mass is 389 g/mol. The molecule has 0 unspecified atom stereocenters. The van der Waals surface area contributed by atoms with E-state index in [1.165, 1.54) is 11.1 Å². The maximum atomic E-state index is 5.42. The average Bonchev–Trinajstić information content (AvgIpc) is 2.69. The van der Waals surface area contributed by atoms with Crippen LogP contribution in [-0.2, 0) is 17.8 Å². The molecule has 0 spiro atoms. The molecule has 0 aromatic heterocycles. The molecule has 1 aromatic carbocycles. The molecule has 158 valence electrons. The second-order valence-electron chi connectivity index (χ2n) is 7.98. The van der Waals surface area contributed by atoms with Crippen molar-refractivity contribution < 1.29 is 4.74 Å². The lowest BCUT2D eigenvalue weighted by molar-refractivity contribution is 0.0342. The molecule has 2 N–H and O–H groups in total. The first-order valence-corrected chi connectivity index (χ1v) is 10.6. The van der Waals surface area contributed by atoms with E-state index < -0.39 is 0 Å². The lowest BCUT2D eigenvalue weighted by atomic mass is 10.1. The molecule has 2 rings (SSSR count). The summed E-state index contributed by atoms with van der Waals surface area (Å²) in [4.78, 5) is 9.27. The molecule has 0 radical (unpaired) electrons. The van der Waals surface area contributed by atoms with Crippen LogP contribution in [-0.4, -0.2) is 74.3 Å². The first kappa shape index (κ1) is 22.7. The highest BCUT2D eigenvalue weighted by molar-refractivity contribution is 5.79. The van der Waals surface area contributed by atoms with Crippen LogP contribution in [0.25, 0.3) is 0 Å². The summed E-state index contributed by atoms with van der Waals surface area (Å²) < 4.78 is 5.42. The highest BCUT2D eigenvalue weighted by Gasteiger charge is 2.13. The smallest absolute Gasteiger partial charge is 0.191 e. The molecule has 1 aliphatic heterocycles. The standard InChI is InChI=1S/C22H39N5O/c1-18(2)27(19(3)4)11-10-24-22(23-5)25-16-20-6-8-21(9-7-20)17-26-12-14-28-15-13-26/h6-9,18-19H,10-17H2,1-5H3,(H2,23,24,25). The number of aliphatic imine (C=N–C) groups is 1. The predicted molar refractivity (Wildman–Crippen MR) is 118 cm³/mol. The fraction of sp³-hybridized carbons (Fsp3) is 0.682. The van der Waals surface area contributed by atoms with E-state index in [2.05, 4.69) is 77.4 Å². The summed E-state index contributed by atoms with van der Waals surface area (Å²) in [5, 5.41) is 6.84. The minimum Gasteiger partial charge on any atom is -0.379 e. The van der Waals surface area contributed by atoms with Crippen molar-refractivity contribution in [2.24, 2.45) is 4.99 Å². The lowest BCUT2D eigenvalue weighted by Crippen LogP contribution is -2.45. The van der Waals surface area contributed by atoms with Gasteiger partial charge in [-0.1, -0.05) is 24.3 Å². The number of rotatable bonds is 9. The van der Waals surface area contributed by atoms with E-state index in [1.807, 2.05) is 7.05 Å². The van der Waals surface area contributed by atoms with Crippen LogP contribution in [0.15, 0.2) is 29.3 Å². The maximum Gasteiger partial charge on any atom is 0.191 e. The summed E-state index contributed by atoms with van der Waals surface area (Å²) in [5.74, 6) is 0.852. The predicted octanol–water partition coefficient (Wildman–Crippen LogP) is 2.30. The van der Waals surface area contributed by atoms with Gasteiger partial charge in [0.15, 0.2) is 5.96 Å². The summed E-state index contributed by atoms with van der Waals surface area (Å²) in [6.45, 7) is 16.4. The van der Waals surface area contributed by atoms with Crippen LogP contribution < -0.4 is 10.6 Å². The van der Waals surface area contributed by atoms with Gasteiger partial charge in [-0.3, -0.25) is 14.8 Å². The Hall–Kier alpha value is -1.63. The van der Waals surface area contributed by atoms with Crippen molar-refractivity contribution in [3.8, 4) is 0 Å². The van der Waals surface area contributed by atoms with Gasteiger partial charge in [0.05, 0.1) is 13.2 Å². The van der Waals surface area contributed by atoms with Crippen molar-refractivity contribution in [3.05, 3.63) is 35.4 Å². The van der Waals surface area contributed by atoms with Crippen LogP contribution in [0.4, 0.5) is 0 Å². The first-order chi connectivity index (χ1) is 13.5. The van der Waals surface area contributed by atoms with E-state index in [4.69, 9.17) is 4.74 Å². The Morgan fingerprint density at radius 3 is 2.21 bits per heavy atom. The highest BCUT2D eigenvalue weighted by Crippen LogP contribution is 2.09. The molecular formula is C22H39N5O. The number of hydrogen-bond donors (Lipinski definition) is 2. The van der Waals surface area contributed by atoms with Gasteiger partial charge in [0.25, 0.3) is 0 Å². The topological polar surface area (TPSA) is 52.1 Å². The van der Waals surface area contributed by atoms with Gasteiger partial charge in [-0.2, -0.15) is 0 Å². The van der Waals surface area contributed by atoms with Crippen molar-refractivity contribution in [3.63, 3.8) is 0 Å². The Morgan fingerprint density at radius 1 is 1.04 bits per heavy atom. The molecule has 1 aromatic rings. The molecule has 1 fully saturated rings. The van der Waals surface area contributed by atoms with Gasteiger partial charge >= 0.3 is 0 Å². The zero-order chi connectivity index (χ0) is 20.4. The Bertz CT molecular complexity index is 571. The molecule has 28 heavy (non-hydrogen) atoms. The van der Waals surface area contributed by atoms with Crippen LogP contribution >= 0.6 is 0 Å². The number of morpholine rings is 1. The van der Waals surface area contributed by atoms with Crippen LogP contribution in [0, 0.1) is 0 Å². The lowest BCUT2D eigenvalue weighted by Gasteiger charge is -2.30. The second kappa shape index (κ2) is 12.0. The van der Waals surface area contributed by atoms with E-state index in [0.717, 1.165) is 58.4 Å². The molecule has 6 heteroatoms. The molecule has 0 amide bonds. The molecule has 1 saturated heterocycles. The summed E-state index contributed by atoms with van der Waals surface area (Å²) in [7, 11) is 1.82. The zero-order valence-electron chi connectivity index (χ0n) is 18.4. The largest absolute Gasteiger partial charge is 0.379 e. The van der Waals surface area contributed by atoms with E-state index in [1.54, 1.807) is 0 Å². The maximum absolute atomic E-state index is 5.42. The van der Waals surface area contributed by atoms with E-state index >= 15 is 0 Å². The van der Waals surface area contributed by atoms with Crippen LogP contribution in [0.1, 0.15) is 38.8 Å². The SMILES string of the molecule is CN=C(NCCN(C(C)C)C(C)C)NCc1ccc(CN2CCOCC2)cc1. The number of nitrogens with zero attached hydrogens (tertiary/aromatic N) is 3. The third-order valence-electron chi connectivity index (χ3n) is 5.21. The minimum absolute atomic E-state index is 0.549. The molecule has 0 atom stereocenters. The number of guanidine groups is 1. The van der Waals surface area contributed by atoms with Crippen molar-refractivity contribution in [1.29, 1.82) is 0 Å². The number of benzene rings is 1. The van der Waals surface area contributed by atoms with E-state index in [0.29, 0.717) is 12.1 Å². The third kappa shape index (κ3) is 7.78. The van der Waals surface area contributed by atoms with Crippen molar-refractivity contribution >= 4 is 5.96 Å². The van der Waals surface area contributed by atoms with Gasteiger partial charge < -0.3 is 15.4 Å². The number of ether oxygens (including phenoxy) is 1. The van der Waals surface area contributed by atoms with Crippen LogP contribution in [0.5, 0.6) is 0 Å². The highest BCUT2D eigenvalue weighted by atomic mass is 16.5. The summed E-state index contributed by atoms with van der Waals surface area (Å²) in [6.07, 6.45) is 0. The Kier molecular flexibility index (Phi) is 9.75. The molecule has 1 heterocycles. The fourth-order valence-corrected chi connectivity index (χ4v) is 3.60. The molecule has 0 aliphatic carbocycles. The van der Waals surface area contributed by atoms with E-state index in [9.17, 15) is 0 Å². The zero-order valence-corrected chi connectivity index (χ0v) is 18.4. The summed E-state index contributed by atoms with van der Waals surface area (Å²) in [5.41, 5.74) is 2.62. The van der Waals surface area contributed by atoms with Crippen LogP contribution in [0.3, 0.4) is 0 Å².